The number of aryl methyl sites for hydroxylation is 1. The summed E-state index contributed by atoms with van der Waals surface area (Å²) >= 11 is 3.27. The molecule has 0 aliphatic carbocycles. The fourth-order valence-corrected chi connectivity index (χ4v) is 2.48. The van der Waals surface area contributed by atoms with E-state index in [0.717, 1.165) is 13.0 Å². The fourth-order valence-electron chi connectivity index (χ4n) is 2.10. The monoisotopic (exact) mass is 313 g/mol. The minimum atomic E-state index is 0.0837. The molecule has 0 atom stereocenters. The molecule has 0 aliphatic heterocycles. The summed E-state index contributed by atoms with van der Waals surface area (Å²) in [7, 11) is 0. The van der Waals surface area contributed by atoms with Gasteiger partial charge in [0, 0.05) is 12.7 Å². The third-order valence-electron chi connectivity index (χ3n) is 3.23. The number of halogens is 1. The van der Waals surface area contributed by atoms with Gasteiger partial charge in [0.25, 0.3) is 5.56 Å². The third-order valence-corrected chi connectivity index (χ3v) is 3.83. The van der Waals surface area contributed by atoms with Crippen LogP contribution in [0.15, 0.2) is 27.6 Å². The summed E-state index contributed by atoms with van der Waals surface area (Å²) in [5, 5.41) is 0. The van der Waals surface area contributed by atoms with E-state index in [1.165, 1.54) is 44.9 Å². The number of aromatic nitrogens is 1. The van der Waals surface area contributed by atoms with Gasteiger partial charge in [-0.25, -0.2) is 0 Å². The summed E-state index contributed by atoms with van der Waals surface area (Å²) in [6, 6.07) is 3.71. The standard InChI is InChI=1S/C15H24BrNO/c1-2-3-4-5-6-7-8-9-12-17-13-10-11-14(16)15(17)18/h10-11,13H,2-9,12H2,1H3. The third kappa shape index (κ3) is 5.85. The largest absolute Gasteiger partial charge is 0.315 e. The number of hydrogen-bond acceptors (Lipinski definition) is 1. The summed E-state index contributed by atoms with van der Waals surface area (Å²) in [5.74, 6) is 0. The van der Waals surface area contributed by atoms with Crippen LogP contribution >= 0.6 is 15.9 Å². The van der Waals surface area contributed by atoms with Crippen LogP contribution in [0.4, 0.5) is 0 Å². The number of hydrogen-bond donors (Lipinski definition) is 0. The van der Waals surface area contributed by atoms with E-state index in [1.807, 2.05) is 12.3 Å². The van der Waals surface area contributed by atoms with Crippen molar-refractivity contribution in [3.63, 3.8) is 0 Å². The second-order valence-corrected chi connectivity index (χ2v) is 5.68. The topological polar surface area (TPSA) is 22.0 Å². The quantitative estimate of drug-likeness (QED) is 0.603. The summed E-state index contributed by atoms with van der Waals surface area (Å²) in [4.78, 5) is 11.7. The smallest absolute Gasteiger partial charge is 0.264 e. The molecule has 0 unspecified atom stereocenters. The summed E-state index contributed by atoms with van der Waals surface area (Å²) < 4.78 is 2.45. The zero-order chi connectivity index (χ0) is 13.2. The molecule has 0 saturated carbocycles. The Morgan fingerprint density at radius 2 is 1.67 bits per heavy atom. The summed E-state index contributed by atoms with van der Waals surface area (Å²) in [6.45, 7) is 3.09. The highest BCUT2D eigenvalue weighted by molar-refractivity contribution is 9.10. The van der Waals surface area contributed by atoms with Gasteiger partial charge in [0.05, 0.1) is 4.47 Å². The lowest BCUT2D eigenvalue weighted by Crippen LogP contribution is -2.19. The van der Waals surface area contributed by atoms with E-state index in [9.17, 15) is 4.79 Å². The Kier molecular flexibility index (Phi) is 8.06. The van der Waals surface area contributed by atoms with E-state index in [-0.39, 0.29) is 5.56 Å². The molecule has 1 heterocycles. The van der Waals surface area contributed by atoms with Gasteiger partial charge < -0.3 is 4.57 Å². The SMILES string of the molecule is CCCCCCCCCCn1cccc(Br)c1=O. The zero-order valence-corrected chi connectivity index (χ0v) is 12.9. The Morgan fingerprint density at radius 3 is 2.33 bits per heavy atom. The molecular formula is C15H24BrNO. The summed E-state index contributed by atoms with van der Waals surface area (Å²) in [5.41, 5.74) is 0.0837. The van der Waals surface area contributed by atoms with Crippen molar-refractivity contribution in [2.75, 3.05) is 0 Å². The highest BCUT2D eigenvalue weighted by Gasteiger charge is 1.99. The first kappa shape index (κ1) is 15.5. The second kappa shape index (κ2) is 9.37. The number of nitrogens with zero attached hydrogens (tertiary/aromatic N) is 1. The average molecular weight is 314 g/mol. The lowest BCUT2D eigenvalue weighted by atomic mass is 10.1. The predicted molar refractivity (Wildman–Crippen MR) is 81.0 cm³/mol. The maximum absolute atomic E-state index is 11.7. The Balaban J connectivity index is 2.11. The first-order chi connectivity index (χ1) is 8.75. The zero-order valence-electron chi connectivity index (χ0n) is 11.3. The maximum Gasteiger partial charge on any atom is 0.264 e. The van der Waals surface area contributed by atoms with Crippen LogP contribution in [0.3, 0.4) is 0 Å². The van der Waals surface area contributed by atoms with E-state index < -0.39 is 0 Å². The molecule has 0 aromatic carbocycles. The number of unbranched alkanes of at least 4 members (excludes halogenated alkanes) is 7. The minimum absolute atomic E-state index is 0.0837. The first-order valence-electron chi connectivity index (χ1n) is 7.10. The molecule has 0 spiro atoms. The van der Waals surface area contributed by atoms with Gasteiger partial charge in [0.15, 0.2) is 0 Å². The minimum Gasteiger partial charge on any atom is -0.315 e. The van der Waals surface area contributed by atoms with Crippen LogP contribution in [0, 0.1) is 0 Å². The van der Waals surface area contributed by atoms with Crippen molar-refractivity contribution in [3.8, 4) is 0 Å². The second-order valence-electron chi connectivity index (χ2n) is 4.83. The number of pyridine rings is 1. The molecule has 18 heavy (non-hydrogen) atoms. The van der Waals surface area contributed by atoms with Gasteiger partial charge in [-0.15, -0.1) is 0 Å². The molecule has 0 amide bonds. The fraction of sp³-hybridized carbons (Fsp3) is 0.667. The van der Waals surface area contributed by atoms with Crippen LogP contribution in [0.5, 0.6) is 0 Å². The molecule has 0 saturated heterocycles. The van der Waals surface area contributed by atoms with Crippen LogP contribution < -0.4 is 5.56 Å². The highest BCUT2D eigenvalue weighted by atomic mass is 79.9. The van der Waals surface area contributed by atoms with Crippen molar-refractivity contribution in [2.45, 2.75) is 64.8 Å². The summed E-state index contributed by atoms with van der Waals surface area (Å²) in [6.07, 6.45) is 12.3. The van der Waals surface area contributed by atoms with E-state index >= 15 is 0 Å². The van der Waals surface area contributed by atoms with Crippen LogP contribution in [-0.2, 0) is 6.54 Å². The predicted octanol–water partition coefficient (Wildman–Crippen LogP) is 4.75. The van der Waals surface area contributed by atoms with Crippen molar-refractivity contribution in [1.29, 1.82) is 0 Å². The first-order valence-corrected chi connectivity index (χ1v) is 7.90. The van der Waals surface area contributed by atoms with Crippen molar-refractivity contribution in [3.05, 3.63) is 33.2 Å². The molecule has 1 rings (SSSR count). The molecule has 0 fully saturated rings. The van der Waals surface area contributed by atoms with E-state index in [4.69, 9.17) is 0 Å². The molecular weight excluding hydrogens is 290 g/mol. The molecule has 2 nitrogen and oxygen atoms in total. The Morgan fingerprint density at radius 1 is 1.06 bits per heavy atom. The maximum atomic E-state index is 11.7. The molecule has 0 N–H and O–H groups in total. The normalized spacial score (nSPS) is 10.8. The van der Waals surface area contributed by atoms with Crippen molar-refractivity contribution >= 4 is 15.9 Å². The Hall–Kier alpha value is -0.570. The van der Waals surface area contributed by atoms with Gasteiger partial charge in [-0.3, -0.25) is 4.79 Å². The van der Waals surface area contributed by atoms with E-state index in [1.54, 1.807) is 10.6 Å². The van der Waals surface area contributed by atoms with Crippen LogP contribution in [-0.4, -0.2) is 4.57 Å². The highest BCUT2D eigenvalue weighted by Crippen LogP contribution is 2.09. The lowest BCUT2D eigenvalue weighted by Gasteiger charge is -2.05. The Bertz CT molecular complexity index is 386. The van der Waals surface area contributed by atoms with Gasteiger partial charge in [-0.2, -0.15) is 0 Å². The van der Waals surface area contributed by atoms with Gasteiger partial charge in [-0.05, 0) is 34.5 Å². The van der Waals surface area contributed by atoms with Gasteiger partial charge in [0.2, 0.25) is 0 Å². The molecule has 1 aromatic heterocycles. The van der Waals surface area contributed by atoms with Gasteiger partial charge >= 0.3 is 0 Å². The van der Waals surface area contributed by atoms with Gasteiger partial charge in [0.1, 0.15) is 0 Å². The van der Waals surface area contributed by atoms with Gasteiger partial charge in [-0.1, -0.05) is 51.9 Å². The molecule has 1 aromatic rings. The molecule has 0 radical (unpaired) electrons. The van der Waals surface area contributed by atoms with Crippen LogP contribution in [0.1, 0.15) is 58.3 Å². The number of rotatable bonds is 9. The molecule has 0 bridgehead atoms. The van der Waals surface area contributed by atoms with Crippen molar-refractivity contribution in [1.82, 2.24) is 4.57 Å². The van der Waals surface area contributed by atoms with Crippen LogP contribution in [0.25, 0.3) is 0 Å². The van der Waals surface area contributed by atoms with E-state index in [0.29, 0.717) is 4.47 Å². The Labute approximate surface area is 119 Å². The molecule has 0 aliphatic rings. The molecule has 3 heteroatoms. The van der Waals surface area contributed by atoms with E-state index in [2.05, 4.69) is 22.9 Å². The average Bonchev–Trinajstić information content (AvgIpc) is 2.37. The molecule has 102 valence electrons. The van der Waals surface area contributed by atoms with Crippen LogP contribution in [0.2, 0.25) is 0 Å². The lowest BCUT2D eigenvalue weighted by molar-refractivity contribution is 0.537. The van der Waals surface area contributed by atoms with Crippen molar-refractivity contribution in [2.24, 2.45) is 0 Å². The van der Waals surface area contributed by atoms with Crippen molar-refractivity contribution < 1.29 is 0 Å².